The Kier molecular flexibility index (Phi) is 5.10. The van der Waals surface area contributed by atoms with Crippen LogP contribution in [-0.2, 0) is 4.79 Å². The number of hydrazone groups is 1. The number of aliphatic hydroxyl groups is 1. The van der Waals surface area contributed by atoms with Crippen molar-refractivity contribution in [2.45, 2.75) is 38.6 Å². The van der Waals surface area contributed by atoms with E-state index in [0.29, 0.717) is 10.6 Å². The third-order valence-corrected chi connectivity index (χ3v) is 4.06. The van der Waals surface area contributed by atoms with E-state index in [1.165, 1.54) is 6.07 Å². The quantitative estimate of drug-likeness (QED) is 0.891. The Morgan fingerprint density at radius 1 is 1.50 bits per heavy atom. The lowest BCUT2D eigenvalue weighted by atomic mass is 10.1. The van der Waals surface area contributed by atoms with Gasteiger partial charge in [0.25, 0.3) is 11.6 Å². The minimum atomic E-state index is -5.03. The van der Waals surface area contributed by atoms with E-state index in [1.54, 1.807) is 26.0 Å². The molecule has 0 spiro atoms. The summed E-state index contributed by atoms with van der Waals surface area (Å²) in [6.07, 6.45) is -5.60. The molecule has 9 heteroatoms. The van der Waals surface area contributed by atoms with Gasteiger partial charge in [0.1, 0.15) is 5.75 Å². The zero-order chi connectivity index (χ0) is 18.1. The monoisotopic (exact) mass is 364 g/mol. The number of aryl methyl sites for hydroxylation is 1. The van der Waals surface area contributed by atoms with Gasteiger partial charge in [0.15, 0.2) is 6.61 Å². The van der Waals surface area contributed by atoms with E-state index in [-0.39, 0.29) is 22.9 Å². The van der Waals surface area contributed by atoms with Crippen LogP contribution in [0, 0.1) is 6.92 Å². The zero-order valence-electron chi connectivity index (χ0n) is 13.0. The number of rotatable bonds is 4. The van der Waals surface area contributed by atoms with E-state index in [0.717, 1.165) is 0 Å². The van der Waals surface area contributed by atoms with E-state index in [1.807, 2.05) is 0 Å². The molecule has 0 saturated heterocycles. The molecule has 0 saturated carbocycles. The molecule has 0 aliphatic carbocycles. The fourth-order valence-electron chi connectivity index (χ4n) is 2.21. The highest BCUT2D eigenvalue weighted by Crippen LogP contribution is 2.40. The number of carbonyl (C=O) groups is 1. The van der Waals surface area contributed by atoms with Crippen LogP contribution in [0.3, 0.4) is 0 Å². The Bertz CT molecular complexity index is 678. The second-order valence-electron chi connectivity index (χ2n) is 5.42. The second-order valence-corrected chi connectivity index (χ2v) is 5.82. The molecule has 2 rings (SSSR count). The van der Waals surface area contributed by atoms with Crippen LogP contribution in [0.5, 0.6) is 5.75 Å². The average molecular weight is 365 g/mol. The second kappa shape index (κ2) is 6.60. The van der Waals surface area contributed by atoms with Gasteiger partial charge in [-0.1, -0.05) is 18.5 Å². The molecule has 24 heavy (non-hydrogen) atoms. The van der Waals surface area contributed by atoms with E-state index >= 15 is 0 Å². The van der Waals surface area contributed by atoms with E-state index < -0.39 is 30.8 Å². The molecule has 1 amide bonds. The molecule has 1 aliphatic heterocycles. The molecule has 1 aliphatic rings. The van der Waals surface area contributed by atoms with Crippen LogP contribution >= 0.6 is 11.6 Å². The Hall–Kier alpha value is -1.80. The highest BCUT2D eigenvalue weighted by Gasteiger charge is 2.62. The van der Waals surface area contributed by atoms with Gasteiger partial charge < -0.3 is 9.84 Å². The third-order valence-electron chi connectivity index (χ3n) is 3.63. The van der Waals surface area contributed by atoms with Gasteiger partial charge in [-0.05, 0) is 37.1 Å². The number of alkyl halides is 3. The Morgan fingerprint density at radius 2 is 2.17 bits per heavy atom. The molecule has 0 fully saturated rings. The third kappa shape index (κ3) is 3.49. The van der Waals surface area contributed by atoms with Crippen molar-refractivity contribution >= 4 is 23.2 Å². The summed E-state index contributed by atoms with van der Waals surface area (Å²) < 4.78 is 44.7. The summed E-state index contributed by atoms with van der Waals surface area (Å²) in [5.41, 5.74) is -2.55. The molecule has 1 aromatic carbocycles. The summed E-state index contributed by atoms with van der Waals surface area (Å²) in [7, 11) is 0. The number of nitrogens with zero attached hydrogens (tertiary/aromatic N) is 2. The summed E-state index contributed by atoms with van der Waals surface area (Å²) in [5.74, 6) is -0.814. The molecule has 1 heterocycles. The van der Waals surface area contributed by atoms with Gasteiger partial charge in [-0.15, -0.1) is 0 Å². The van der Waals surface area contributed by atoms with E-state index in [4.69, 9.17) is 16.3 Å². The van der Waals surface area contributed by atoms with Crippen LogP contribution in [0.2, 0.25) is 5.02 Å². The first-order valence-corrected chi connectivity index (χ1v) is 7.53. The molecule has 0 unspecified atom stereocenters. The maximum Gasteiger partial charge on any atom is 0.438 e. The van der Waals surface area contributed by atoms with Gasteiger partial charge in [0.2, 0.25) is 0 Å². The lowest BCUT2D eigenvalue weighted by Crippen LogP contribution is -2.57. The lowest BCUT2D eigenvalue weighted by Gasteiger charge is -2.32. The van der Waals surface area contributed by atoms with Crippen LogP contribution in [0.15, 0.2) is 23.3 Å². The van der Waals surface area contributed by atoms with Gasteiger partial charge in [-0.25, -0.2) is 0 Å². The van der Waals surface area contributed by atoms with Gasteiger partial charge in [0.05, 0.1) is 0 Å². The number of amides is 1. The van der Waals surface area contributed by atoms with Crippen LogP contribution in [0.4, 0.5) is 13.2 Å². The molecular weight excluding hydrogens is 349 g/mol. The first kappa shape index (κ1) is 18.5. The normalized spacial score (nSPS) is 21.0. The number of ether oxygens (including phenoxy) is 1. The fraction of sp³-hybridized carbons (Fsp3) is 0.467. The van der Waals surface area contributed by atoms with Crippen molar-refractivity contribution in [3.8, 4) is 5.75 Å². The molecule has 132 valence electrons. The van der Waals surface area contributed by atoms with Crippen molar-refractivity contribution < 1.29 is 27.8 Å². The van der Waals surface area contributed by atoms with Crippen molar-refractivity contribution in [3.05, 3.63) is 28.8 Å². The van der Waals surface area contributed by atoms with E-state index in [2.05, 4.69) is 5.10 Å². The van der Waals surface area contributed by atoms with Crippen LogP contribution in [0.1, 0.15) is 25.3 Å². The lowest BCUT2D eigenvalue weighted by molar-refractivity contribution is -0.302. The van der Waals surface area contributed by atoms with Gasteiger partial charge in [-0.3, -0.25) is 4.79 Å². The summed E-state index contributed by atoms with van der Waals surface area (Å²) in [5, 5.41) is 14.1. The summed E-state index contributed by atoms with van der Waals surface area (Å²) >= 11 is 5.86. The first-order chi connectivity index (χ1) is 11.1. The Balaban J connectivity index is 2.14. The van der Waals surface area contributed by atoms with Gasteiger partial charge in [-0.2, -0.15) is 23.3 Å². The molecule has 1 aromatic rings. The van der Waals surface area contributed by atoms with Crippen LogP contribution < -0.4 is 4.74 Å². The number of benzene rings is 1. The standard InChI is InChI=1S/C15H16ClF3N2O3/c1-3-10-7-14(23,15(17,18)19)21(20-10)13(22)8-24-11-4-5-12(16)9(2)6-11/h4-6,23H,3,7-8H2,1-2H3/t14-/m0/s1. The minimum Gasteiger partial charge on any atom is -0.484 e. The fourth-order valence-corrected chi connectivity index (χ4v) is 2.33. The molecule has 5 nitrogen and oxygen atoms in total. The molecule has 1 N–H and O–H groups in total. The average Bonchev–Trinajstić information content (AvgIpc) is 2.86. The predicted octanol–water partition coefficient (Wildman–Crippen LogP) is 3.28. The Morgan fingerprint density at radius 3 is 2.71 bits per heavy atom. The molecule has 0 bridgehead atoms. The summed E-state index contributed by atoms with van der Waals surface area (Å²) in [6.45, 7) is 2.62. The van der Waals surface area contributed by atoms with Gasteiger partial charge >= 0.3 is 6.18 Å². The smallest absolute Gasteiger partial charge is 0.438 e. The van der Waals surface area contributed by atoms with Gasteiger partial charge in [0, 0.05) is 17.2 Å². The largest absolute Gasteiger partial charge is 0.484 e. The van der Waals surface area contributed by atoms with E-state index in [9.17, 15) is 23.1 Å². The SMILES string of the molecule is CCC1=NN(C(=O)COc2ccc(Cl)c(C)c2)[C@@](O)(C(F)(F)F)C1. The van der Waals surface area contributed by atoms with Crippen molar-refractivity contribution in [2.75, 3.05) is 6.61 Å². The van der Waals surface area contributed by atoms with Crippen molar-refractivity contribution in [1.82, 2.24) is 5.01 Å². The van der Waals surface area contributed by atoms with Crippen LogP contribution in [-0.4, -0.2) is 40.2 Å². The molecule has 0 aromatic heterocycles. The number of hydrogen-bond donors (Lipinski definition) is 1. The van der Waals surface area contributed by atoms with Crippen LogP contribution in [0.25, 0.3) is 0 Å². The van der Waals surface area contributed by atoms with Crippen molar-refractivity contribution in [1.29, 1.82) is 0 Å². The van der Waals surface area contributed by atoms with Crippen molar-refractivity contribution in [2.24, 2.45) is 5.10 Å². The zero-order valence-corrected chi connectivity index (χ0v) is 13.8. The molecule has 1 atom stereocenters. The minimum absolute atomic E-state index is 0.0641. The molecular formula is C15H16ClF3N2O3. The highest BCUT2D eigenvalue weighted by atomic mass is 35.5. The Labute approximate surface area is 141 Å². The summed E-state index contributed by atoms with van der Waals surface area (Å²) in [4.78, 5) is 12.1. The maximum absolute atomic E-state index is 13.2. The highest BCUT2D eigenvalue weighted by molar-refractivity contribution is 6.31. The number of halogens is 4. The summed E-state index contributed by atoms with van der Waals surface area (Å²) in [6, 6.07) is 4.59. The number of hydrogen-bond acceptors (Lipinski definition) is 4. The predicted molar refractivity (Wildman–Crippen MR) is 81.9 cm³/mol. The topological polar surface area (TPSA) is 62.1 Å². The molecule has 0 radical (unpaired) electrons. The van der Waals surface area contributed by atoms with Crippen molar-refractivity contribution in [3.63, 3.8) is 0 Å². The maximum atomic E-state index is 13.2. The first-order valence-electron chi connectivity index (χ1n) is 7.16. The number of carbonyl (C=O) groups excluding carboxylic acids is 1.